The van der Waals surface area contributed by atoms with E-state index in [4.69, 9.17) is 9.15 Å². The summed E-state index contributed by atoms with van der Waals surface area (Å²) in [5.41, 5.74) is 0.0740. The van der Waals surface area contributed by atoms with Crippen LogP contribution < -0.4 is 15.4 Å². The molecule has 5 rings (SSSR count). The lowest BCUT2D eigenvalue weighted by Gasteiger charge is -2.23. The van der Waals surface area contributed by atoms with Crippen LogP contribution in [0.3, 0.4) is 0 Å². The average Bonchev–Trinajstić information content (AvgIpc) is 3.38. The van der Waals surface area contributed by atoms with E-state index in [9.17, 15) is 14.4 Å². The van der Waals surface area contributed by atoms with Gasteiger partial charge in [-0.1, -0.05) is 36.4 Å². The summed E-state index contributed by atoms with van der Waals surface area (Å²) in [5, 5.41) is 8.35. The van der Waals surface area contributed by atoms with Crippen LogP contribution in [-0.4, -0.2) is 36.4 Å². The Balaban J connectivity index is 1.31. The number of nitrogens with zero attached hydrogens (tertiary/aromatic N) is 1. The minimum atomic E-state index is -1.28. The summed E-state index contributed by atoms with van der Waals surface area (Å²) in [6.45, 7) is 3.04. The molecule has 4 amide bonds. The number of furan rings is 1. The monoisotopic (exact) mass is 471 g/mol. The highest BCUT2D eigenvalue weighted by molar-refractivity contribution is 6.09. The van der Waals surface area contributed by atoms with E-state index >= 15 is 0 Å². The molecule has 1 saturated heterocycles. The number of amides is 4. The molecule has 8 heteroatoms. The van der Waals surface area contributed by atoms with Gasteiger partial charge in [-0.25, -0.2) is 4.79 Å². The summed E-state index contributed by atoms with van der Waals surface area (Å²) in [6.07, 6.45) is 0. The average molecular weight is 472 g/mol. The fraction of sp³-hybridized carbons (Fsp3) is 0.222. The number of ether oxygens (including phenoxy) is 1. The molecule has 1 fully saturated rings. The number of hydrogen-bond donors (Lipinski definition) is 2. The largest absolute Gasteiger partial charge is 0.497 e. The molecule has 0 aliphatic carbocycles. The van der Waals surface area contributed by atoms with Crippen LogP contribution in [0.5, 0.6) is 5.75 Å². The second-order valence-corrected chi connectivity index (χ2v) is 8.85. The van der Waals surface area contributed by atoms with Gasteiger partial charge < -0.3 is 19.8 Å². The molecule has 178 valence electrons. The van der Waals surface area contributed by atoms with Crippen molar-refractivity contribution in [3.05, 3.63) is 78.1 Å². The van der Waals surface area contributed by atoms with E-state index in [1.165, 1.54) is 0 Å². The standard InChI is InChI=1S/C27H25N3O5/c1-16(23-14-19-6-4-5-7-22(19)35-23)28-24(31)15-30-25(32)27(2,29-26(30)33)20-10-8-18-13-21(34-3)11-9-17(18)12-20/h4-14,16H,15H2,1-3H3,(H,28,31)(H,29,33)/t16-,27+/m1/s1. The third-order valence-corrected chi connectivity index (χ3v) is 6.45. The number of rotatable bonds is 6. The molecular weight excluding hydrogens is 446 g/mol. The van der Waals surface area contributed by atoms with Gasteiger partial charge in [-0.05, 0) is 60.5 Å². The van der Waals surface area contributed by atoms with Gasteiger partial charge in [0.2, 0.25) is 5.91 Å². The van der Waals surface area contributed by atoms with E-state index < -0.39 is 36.0 Å². The minimum absolute atomic E-state index is 0.393. The van der Waals surface area contributed by atoms with E-state index in [1.807, 2.05) is 60.7 Å². The summed E-state index contributed by atoms with van der Waals surface area (Å²) in [5.74, 6) is 0.378. The second-order valence-electron chi connectivity index (χ2n) is 8.85. The predicted molar refractivity (Wildman–Crippen MR) is 131 cm³/mol. The van der Waals surface area contributed by atoms with Crippen LogP contribution in [0.2, 0.25) is 0 Å². The summed E-state index contributed by atoms with van der Waals surface area (Å²) in [4.78, 5) is 39.7. The number of para-hydroxylation sites is 1. The van der Waals surface area contributed by atoms with Crippen LogP contribution in [-0.2, 0) is 15.1 Å². The van der Waals surface area contributed by atoms with Crippen molar-refractivity contribution < 1.29 is 23.5 Å². The van der Waals surface area contributed by atoms with Gasteiger partial charge in [0, 0.05) is 5.39 Å². The van der Waals surface area contributed by atoms with E-state index in [0.717, 1.165) is 32.4 Å². The Morgan fingerprint density at radius 1 is 1.06 bits per heavy atom. The van der Waals surface area contributed by atoms with E-state index in [1.54, 1.807) is 27.0 Å². The first kappa shape index (κ1) is 22.5. The molecule has 1 aliphatic heterocycles. The van der Waals surface area contributed by atoms with Crippen LogP contribution in [0.4, 0.5) is 4.79 Å². The molecule has 2 heterocycles. The Hall–Kier alpha value is -4.33. The molecule has 0 unspecified atom stereocenters. The van der Waals surface area contributed by atoms with Crippen LogP contribution in [0.1, 0.15) is 31.2 Å². The lowest BCUT2D eigenvalue weighted by molar-refractivity contribution is -0.135. The molecule has 0 bridgehead atoms. The topological polar surface area (TPSA) is 101 Å². The number of nitrogens with one attached hydrogen (secondary N) is 2. The Morgan fingerprint density at radius 3 is 2.57 bits per heavy atom. The molecule has 35 heavy (non-hydrogen) atoms. The van der Waals surface area contributed by atoms with Crippen molar-refractivity contribution in [2.24, 2.45) is 0 Å². The van der Waals surface area contributed by atoms with Crippen molar-refractivity contribution in [1.82, 2.24) is 15.5 Å². The van der Waals surface area contributed by atoms with Crippen LogP contribution in [0, 0.1) is 0 Å². The zero-order valence-corrected chi connectivity index (χ0v) is 19.6. The van der Waals surface area contributed by atoms with Crippen molar-refractivity contribution in [3.8, 4) is 5.75 Å². The molecule has 1 aliphatic rings. The quantitative estimate of drug-likeness (QED) is 0.410. The Morgan fingerprint density at radius 2 is 1.80 bits per heavy atom. The van der Waals surface area contributed by atoms with Crippen molar-refractivity contribution in [2.45, 2.75) is 25.4 Å². The number of carbonyl (C=O) groups is 3. The zero-order chi connectivity index (χ0) is 24.7. The molecule has 0 saturated carbocycles. The first-order chi connectivity index (χ1) is 16.8. The van der Waals surface area contributed by atoms with Crippen molar-refractivity contribution >= 4 is 39.6 Å². The maximum absolute atomic E-state index is 13.3. The molecule has 1 aromatic heterocycles. The van der Waals surface area contributed by atoms with Gasteiger partial charge in [0.15, 0.2) is 0 Å². The van der Waals surface area contributed by atoms with Gasteiger partial charge in [0.1, 0.15) is 29.2 Å². The van der Waals surface area contributed by atoms with Crippen LogP contribution in [0.25, 0.3) is 21.7 Å². The summed E-state index contributed by atoms with van der Waals surface area (Å²) in [6, 6.07) is 19.5. The van der Waals surface area contributed by atoms with Crippen LogP contribution in [0.15, 0.2) is 71.1 Å². The van der Waals surface area contributed by atoms with Gasteiger partial charge >= 0.3 is 6.03 Å². The first-order valence-corrected chi connectivity index (χ1v) is 11.3. The van der Waals surface area contributed by atoms with E-state index in [0.29, 0.717) is 11.3 Å². The van der Waals surface area contributed by atoms with Gasteiger partial charge in [-0.15, -0.1) is 0 Å². The number of fused-ring (bicyclic) bond motifs is 2. The highest BCUT2D eigenvalue weighted by atomic mass is 16.5. The number of imide groups is 1. The second kappa shape index (κ2) is 8.47. The zero-order valence-electron chi connectivity index (χ0n) is 19.6. The molecule has 0 radical (unpaired) electrons. The summed E-state index contributed by atoms with van der Waals surface area (Å²) >= 11 is 0. The maximum Gasteiger partial charge on any atom is 0.325 e. The molecule has 4 aromatic rings. The normalized spacial score (nSPS) is 18.7. The molecule has 2 N–H and O–H groups in total. The number of methoxy groups -OCH3 is 1. The number of benzene rings is 3. The van der Waals surface area contributed by atoms with E-state index in [2.05, 4.69) is 10.6 Å². The first-order valence-electron chi connectivity index (χ1n) is 11.3. The SMILES string of the molecule is COc1ccc2cc([C@]3(C)NC(=O)N(CC(=O)N[C@H](C)c4cc5ccccc5o4)C3=O)ccc2c1. The molecule has 8 nitrogen and oxygen atoms in total. The highest BCUT2D eigenvalue weighted by Gasteiger charge is 2.49. The fourth-order valence-electron chi connectivity index (χ4n) is 4.42. The van der Waals surface area contributed by atoms with Gasteiger partial charge in [-0.2, -0.15) is 0 Å². The predicted octanol–water partition coefficient (Wildman–Crippen LogP) is 4.24. The molecule has 0 spiro atoms. The van der Waals surface area contributed by atoms with Gasteiger partial charge in [0.25, 0.3) is 5.91 Å². The van der Waals surface area contributed by atoms with Gasteiger partial charge in [0.05, 0.1) is 13.2 Å². The lowest BCUT2D eigenvalue weighted by Crippen LogP contribution is -2.43. The minimum Gasteiger partial charge on any atom is -0.497 e. The molecular formula is C27H25N3O5. The van der Waals surface area contributed by atoms with Crippen molar-refractivity contribution in [2.75, 3.05) is 13.7 Å². The third-order valence-electron chi connectivity index (χ3n) is 6.45. The number of urea groups is 1. The Bertz CT molecular complexity index is 1440. The van der Waals surface area contributed by atoms with E-state index in [-0.39, 0.29) is 0 Å². The molecule has 3 aromatic carbocycles. The summed E-state index contributed by atoms with van der Waals surface area (Å²) < 4.78 is 11.1. The lowest BCUT2D eigenvalue weighted by atomic mass is 9.90. The van der Waals surface area contributed by atoms with Crippen molar-refractivity contribution in [3.63, 3.8) is 0 Å². The Kier molecular flexibility index (Phi) is 5.43. The Labute approximate surface area is 201 Å². The highest BCUT2D eigenvalue weighted by Crippen LogP contribution is 2.32. The summed E-state index contributed by atoms with van der Waals surface area (Å²) in [7, 11) is 1.60. The third kappa shape index (κ3) is 3.97. The fourth-order valence-corrected chi connectivity index (χ4v) is 4.42. The smallest absolute Gasteiger partial charge is 0.325 e. The molecule has 2 atom stereocenters. The van der Waals surface area contributed by atoms with Crippen molar-refractivity contribution in [1.29, 1.82) is 0 Å². The van der Waals surface area contributed by atoms with Gasteiger partial charge in [-0.3, -0.25) is 14.5 Å². The number of hydrogen-bond acceptors (Lipinski definition) is 5. The number of carbonyl (C=O) groups excluding carboxylic acids is 3. The maximum atomic E-state index is 13.3. The van der Waals surface area contributed by atoms with Crippen LogP contribution >= 0.6 is 0 Å².